The van der Waals surface area contributed by atoms with E-state index in [1.807, 2.05) is 16.7 Å². The number of nitrogens with zero attached hydrogens (tertiary/aromatic N) is 2. The van der Waals surface area contributed by atoms with Gasteiger partial charge in [-0.05, 0) is 66.2 Å². The number of amides is 1. The molecule has 0 aliphatic carbocycles. The molecule has 0 N–H and O–H groups in total. The van der Waals surface area contributed by atoms with Crippen LogP contribution in [0.3, 0.4) is 0 Å². The van der Waals surface area contributed by atoms with Crippen molar-refractivity contribution in [1.29, 1.82) is 0 Å². The summed E-state index contributed by atoms with van der Waals surface area (Å²) in [6.07, 6.45) is 3.65. The van der Waals surface area contributed by atoms with Gasteiger partial charge in [-0.3, -0.25) is 4.79 Å². The van der Waals surface area contributed by atoms with Crippen molar-refractivity contribution in [2.75, 3.05) is 37.7 Å². The largest absolute Gasteiger partial charge is 0.444 e. The van der Waals surface area contributed by atoms with Gasteiger partial charge in [0.2, 0.25) is 0 Å². The zero-order valence-corrected chi connectivity index (χ0v) is 14.5. The third-order valence-electron chi connectivity index (χ3n) is 4.15. The fourth-order valence-corrected chi connectivity index (χ4v) is 4.45. The molecule has 2 aliphatic rings. The smallest absolute Gasteiger partial charge is 0.289 e. The molecule has 0 radical (unpaired) electrons. The number of carbonyl (C=O) groups is 1. The van der Waals surface area contributed by atoms with E-state index in [9.17, 15) is 4.79 Å². The number of carbonyl (C=O) groups excluding carboxylic acids is 1. The lowest BCUT2D eigenvalue weighted by molar-refractivity contribution is 0.0633. The zero-order valence-electron chi connectivity index (χ0n) is 12.1. The van der Waals surface area contributed by atoms with E-state index in [1.165, 1.54) is 25.9 Å². The van der Waals surface area contributed by atoms with Crippen molar-refractivity contribution in [2.24, 2.45) is 0 Å². The van der Waals surface area contributed by atoms with Crippen LogP contribution in [0.2, 0.25) is 0 Å². The van der Waals surface area contributed by atoms with Gasteiger partial charge in [0.15, 0.2) is 10.4 Å². The van der Waals surface area contributed by atoms with Crippen molar-refractivity contribution < 1.29 is 9.21 Å². The van der Waals surface area contributed by atoms with Gasteiger partial charge in [-0.15, -0.1) is 0 Å². The van der Waals surface area contributed by atoms with Gasteiger partial charge >= 0.3 is 0 Å². The third kappa shape index (κ3) is 3.85. The Kier molecular flexibility index (Phi) is 5.29. The van der Waals surface area contributed by atoms with Crippen LogP contribution in [0.1, 0.15) is 29.8 Å². The molecule has 21 heavy (non-hydrogen) atoms. The lowest BCUT2D eigenvalue weighted by Crippen LogP contribution is -2.47. The van der Waals surface area contributed by atoms with Gasteiger partial charge in [0.1, 0.15) is 0 Å². The van der Waals surface area contributed by atoms with E-state index in [0.717, 1.165) is 31.0 Å². The molecule has 4 nitrogen and oxygen atoms in total. The van der Waals surface area contributed by atoms with Crippen LogP contribution in [0.25, 0.3) is 0 Å². The maximum Gasteiger partial charge on any atom is 0.289 e. The topological polar surface area (TPSA) is 36.7 Å². The molecule has 2 fully saturated rings. The number of thioether (sulfide) groups is 1. The molecule has 1 amide bonds. The lowest BCUT2D eigenvalue weighted by Gasteiger charge is -2.32. The Morgan fingerprint density at radius 2 is 2.10 bits per heavy atom. The molecule has 6 heteroatoms. The van der Waals surface area contributed by atoms with Gasteiger partial charge in [-0.2, -0.15) is 11.8 Å². The molecule has 1 aromatic heterocycles. The van der Waals surface area contributed by atoms with Gasteiger partial charge in [-0.1, -0.05) is 0 Å². The highest BCUT2D eigenvalue weighted by molar-refractivity contribution is 9.10. The average molecular weight is 373 g/mol. The SMILES string of the molecule is O=C(c1ccc(Br)o1)N1CCCSCC1CN1CCCC1. The van der Waals surface area contributed by atoms with Crippen LogP contribution in [0, 0.1) is 0 Å². The minimum absolute atomic E-state index is 0.0346. The summed E-state index contributed by atoms with van der Waals surface area (Å²) in [5, 5.41) is 0. The Morgan fingerprint density at radius 1 is 1.29 bits per heavy atom. The van der Waals surface area contributed by atoms with Crippen molar-refractivity contribution in [1.82, 2.24) is 9.80 Å². The summed E-state index contributed by atoms with van der Waals surface area (Å²) in [6, 6.07) is 3.85. The summed E-state index contributed by atoms with van der Waals surface area (Å²) < 4.78 is 6.08. The molecule has 2 saturated heterocycles. The van der Waals surface area contributed by atoms with E-state index in [-0.39, 0.29) is 5.91 Å². The van der Waals surface area contributed by atoms with Crippen molar-refractivity contribution in [3.8, 4) is 0 Å². The number of hydrogen-bond acceptors (Lipinski definition) is 4. The van der Waals surface area contributed by atoms with E-state index in [2.05, 4.69) is 20.8 Å². The zero-order chi connectivity index (χ0) is 14.7. The van der Waals surface area contributed by atoms with E-state index in [4.69, 9.17) is 4.42 Å². The van der Waals surface area contributed by atoms with E-state index in [1.54, 1.807) is 12.1 Å². The van der Waals surface area contributed by atoms with Crippen molar-refractivity contribution in [3.63, 3.8) is 0 Å². The Bertz CT molecular complexity index is 488. The second-order valence-corrected chi connectivity index (χ2v) is 7.62. The highest BCUT2D eigenvalue weighted by Crippen LogP contribution is 2.23. The van der Waals surface area contributed by atoms with Crippen LogP contribution in [-0.4, -0.2) is 59.4 Å². The Balaban J connectivity index is 1.72. The van der Waals surface area contributed by atoms with Crippen LogP contribution in [0.5, 0.6) is 0 Å². The second-order valence-electron chi connectivity index (χ2n) is 5.69. The maximum atomic E-state index is 12.7. The van der Waals surface area contributed by atoms with Crippen molar-refractivity contribution in [2.45, 2.75) is 25.3 Å². The highest BCUT2D eigenvalue weighted by atomic mass is 79.9. The first kappa shape index (κ1) is 15.4. The predicted octanol–water partition coefficient (Wildman–Crippen LogP) is 3.09. The molecule has 1 unspecified atom stereocenters. The lowest BCUT2D eigenvalue weighted by atomic mass is 10.2. The molecule has 0 bridgehead atoms. The van der Waals surface area contributed by atoms with E-state index < -0.39 is 0 Å². The monoisotopic (exact) mass is 372 g/mol. The highest BCUT2D eigenvalue weighted by Gasteiger charge is 2.30. The molecular weight excluding hydrogens is 352 g/mol. The number of hydrogen-bond donors (Lipinski definition) is 0. The van der Waals surface area contributed by atoms with Crippen LogP contribution in [0.15, 0.2) is 21.2 Å². The predicted molar refractivity (Wildman–Crippen MR) is 88.8 cm³/mol. The average Bonchev–Trinajstić information content (AvgIpc) is 3.07. The summed E-state index contributed by atoms with van der Waals surface area (Å²) in [4.78, 5) is 17.3. The quantitative estimate of drug-likeness (QED) is 0.816. The summed E-state index contributed by atoms with van der Waals surface area (Å²) >= 11 is 5.24. The fraction of sp³-hybridized carbons (Fsp3) is 0.667. The van der Waals surface area contributed by atoms with Crippen LogP contribution in [-0.2, 0) is 0 Å². The van der Waals surface area contributed by atoms with E-state index in [0.29, 0.717) is 16.5 Å². The van der Waals surface area contributed by atoms with Gasteiger partial charge in [0.25, 0.3) is 5.91 Å². The molecular formula is C15H21BrN2O2S. The summed E-state index contributed by atoms with van der Waals surface area (Å²) in [6.45, 7) is 4.19. The molecule has 116 valence electrons. The van der Waals surface area contributed by atoms with Crippen LogP contribution >= 0.6 is 27.7 Å². The van der Waals surface area contributed by atoms with Crippen LogP contribution in [0.4, 0.5) is 0 Å². The second kappa shape index (κ2) is 7.20. The molecule has 1 aromatic rings. The van der Waals surface area contributed by atoms with Gasteiger partial charge in [-0.25, -0.2) is 0 Å². The molecule has 3 heterocycles. The number of rotatable bonds is 3. The van der Waals surface area contributed by atoms with Gasteiger partial charge in [0, 0.05) is 18.8 Å². The Labute approximate surface area is 138 Å². The normalized spacial score (nSPS) is 24.2. The first-order valence-corrected chi connectivity index (χ1v) is 9.55. The maximum absolute atomic E-state index is 12.7. The van der Waals surface area contributed by atoms with Gasteiger partial charge < -0.3 is 14.2 Å². The van der Waals surface area contributed by atoms with Crippen LogP contribution < -0.4 is 0 Å². The first-order chi connectivity index (χ1) is 10.2. The van der Waals surface area contributed by atoms with Crippen molar-refractivity contribution >= 4 is 33.6 Å². The number of likely N-dealkylation sites (tertiary alicyclic amines) is 1. The Hall–Kier alpha value is -0.460. The third-order valence-corrected chi connectivity index (χ3v) is 5.78. The number of furan rings is 1. The molecule has 1 atom stereocenters. The minimum atomic E-state index is 0.0346. The molecule has 0 spiro atoms. The number of halogens is 1. The van der Waals surface area contributed by atoms with Gasteiger partial charge in [0.05, 0.1) is 6.04 Å². The summed E-state index contributed by atoms with van der Waals surface area (Å²) in [7, 11) is 0. The molecule has 2 aliphatic heterocycles. The van der Waals surface area contributed by atoms with E-state index >= 15 is 0 Å². The standard InChI is InChI=1S/C15H21BrN2O2S/c16-14-5-4-13(20-14)15(19)18-8-3-9-21-11-12(18)10-17-6-1-2-7-17/h4-5,12H,1-3,6-11H2. The molecule has 3 rings (SSSR count). The Morgan fingerprint density at radius 3 is 2.81 bits per heavy atom. The fourth-order valence-electron chi connectivity index (χ4n) is 3.08. The first-order valence-electron chi connectivity index (χ1n) is 7.60. The molecule has 0 aromatic carbocycles. The minimum Gasteiger partial charge on any atom is -0.444 e. The molecule has 0 saturated carbocycles. The summed E-state index contributed by atoms with van der Waals surface area (Å²) in [5.41, 5.74) is 0. The van der Waals surface area contributed by atoms with Crippen molar-refractivity contribution in [3.05, 3.63) is 22.6 Å². The summed E-state index contributed by atoms with van der Waals surface area (Å²) in [5.74, 6) is 2.65.